The predicted octanol–water partition coefficient (Wildman–Crippen LogP) is -1.80. The molecule has 0 aromatic rings. The Labute approximate surface area is 134 Å². The van der Waals surface area contributed by atoms with E-state index in [-0.39, 0.29) is 24.5 Å². The zero-order valence-electron chi connectivity index (χ0n) is 12.9. The zero-order chi connectivity index (χ0) is 16.6. The number of rotatable bonds is 4. The van der Waals surface area contributed by atoms with Crippen LogP contribution in [0.2, 0.25) is 0 Å². The van der Waals surface area contributed by atoms with Crippen LogP contribution in [0.5, 0.6) is 0 Å². The first-order valence-corrected chi connectivity index (χ1v) is 7.79. The summed E-state index contributed by atoms with van der Waals surface area (Å²) in [5.74, 6) is -0.634. The lowest BCUT2D eigenvalue weighted by atomic mass is 10.0. The summed E-state index contributed by atoms with van der Waals surface area (Å²) in [7, 11) is 0. The van der Waals surface area contributed by atoms with E-state index in [2.05, 4.69) is 6.58 Å². The number of amides is 3. The average molecular weight is 323 g/mol. The van der Waals surface area contributed by atoms with E-state index in [0.29, 0.717) is 32.7 Å². The molecule has 3 aliphatic heterocycles. The van der Waals surface area contributed by atoms with Crippen LogP contribution in [-0.4, -0.2) is 95.1 Å². The second kappa shape index (κ2) is 6.29. The molecule has 0 aliphatic carbocycles. The highest BCUT2D eigenvalue weighted by Crippen LogP contribution is 2.30. The summed E-state index contributed by atoms with van der Waals surface area (Å²) in [6.45, 7) is 4.60. The highest BCUT2D eigenvalue weighted by Gasteiger charge is 2.52. The van der Waals surface area contributed by atoms with E-state index in [1.54, 1.807) is 15.9 Å². The number of nitrogens with zero attached hydrogens (tertiary/aromatic N) is 3. The molecule has 3 fully saturated rings. The summed E-state index contributed by atoms with van der Waals surface area (Å²) in [5.41, 5.74) is 0. The summed E-state index contributed by atoms with van der Waals surface area (Å²) < 4.78 is 5.59. The van der Waals surface area contributed by atoms with Gasteiger partial charge in [0.15, 0.2) is 0 Å². The first-order chi connectivity index (χ1) is 11.1. The number of ether oxygens (including phenoxy) is 1. The molecule has 3 rings (SSSR count). The van der Waals surface area contributed by atoms with Crippen molar-refractivity contribution in [3.05, 3.63) is 12.7 Å². The van der Waals surface area contributed by atoms with E-state index < -0.39 is 24.6 Å². The lowest BCUT2D eigenvalue weighted by molar-refractivity contribution is -0.165. The van der Waals surface area contributed by atoms with E-state index in [4.69, 9.17) is 9.84 Å². The summed E-state index contributed by atoms with van der Waals surface area (Å²) in [6, 6.07) is -1.12. The SMILES string of the molecule is C=CCOC1CC2C(=O)N3CCN(C(=O)CO)CC3C(=O)N2C1. The number of carbonyl (C=O) groups is 3. The minimum Gasteiger partial charge on any atom is -0.387 e. The fraction of sp³-hybridized carbons (Fsp3) is 0.667. The van der Waals surface area contributed by atoms with Gasteiger partial charge in [0.25, 0.3) is 0 Å². The Morgan fingerprint density at radius 3 is 2.65 bits per heavy atom. The van der Waals surface area contributed by atoms with Crippen LogP contribution in [0.25, 0.3) is 0 Å². The molecule has 0 aromatic heterocycles. The van der Waals surface area contributed by atoms with E-state index in [1.165, 1.54) is 4.90 Å². The van der Waals surface area contributed by atoms with Crippen LogP contribution in [0.1, 0.15) is 6.42 Å². The van der Waals surface area contributed by atoms with Gasteiger partial charge in [0.05, 0.1) is 19.3 Å². The average Bonchev–Trinajstić information content (AvgIpc) is 3.01. The molecule has 0 saturated carbocycles. The van der Waals surface area contributed by atoms with Crippen LogP contribution >= 0.6 is 0 Å². The Morgan fingerprint density at radius 1 is 1.22 bits per heavy atom. The van der Waals surface area contributed by atoms with Gasteiger partial charge in [-0.1, -0.05) is 6.08 Å². The fourth-order valence-electron chi connectivity index (χ4n) is 3.57. The van der Waals surface area contributed by atoms with Crippen LogP contribution in [0, 0.1) is 0 Å². The maximum Gasteiger partial charge on any atom is 0.248 e. The van der Waals surface area contributed by atoms with Gasteiger partial charge in [-0.3, -0.25) is 14.4 Å². The zero-order valence-corrected chi connectivity index (χ0v) is 12.9. The maximum absolute atomic E-state index is 12.7. The van der Waals surface area contributed by atoms with E-state index in [9.17, 15) is 14.4 Å². The van der Waals surface area contributed by atoms with Gasteiger partial charge in [-0.25, -0.2) is 0 Å². The van der Waals surface area contributed by atoms with Crippen molar-refractivity contribution < 1.29 is 24.2 Å². The molecule has 23 heavy (non-hydrogen) atoms. The Hall–Kier alpha value is -1.93. The molecular weight excluding hydrogens is 302 g/mol. The summed E-state index contributed by atoms with van der Waals surface area (Å²) in [6.07, 6.45) is 1.98. The van der Waals surface area contributed by atoms with Crippen molar-refractivity contribution in [2.75, 3.05) is 39.4 Å². The summed E-state index contributed by atoms with van der Waals surface area (Å²) in [5, 5.41) is 8.98. The Morgan fingerprint density at radius 2 is 1.96 bits per heavy atom. The van der Waals surface area contributed by atoms with Crippen LogP contribution in [0.3, 0.4) is 0 Å². The predicted molar refractivity (Wildman–Crippen MR) is 79.2 cm³/mol. The molecule has 8 nitrogen and oxygen atoms in total. The molecule has 8 heteroatoms. The minimum absolute atomic E-state index is 0.0737. The van der Waals surface area contributed by atoms with Gasteiger partial charge in [-0.2, -0.15) is 0 Å². The molecule has 0 radical (unpaired) electrons. The molecule has 3 heterocycles. The third kappa shape index (κ3) is 2.72. The molecular formula is C15H21N3O5. The molecule has 126 valence electrons. The normalized spacial score (nSPS) is 30.3. The third-order valence-electron chi connectivity index (χ3n) is 4.72. The van der Waals surface area contributed by atoms with Crippen molar-refractivity contribution in [1.29, 1.82) is 0 Å². The van der Waals surface area contributed by atoms with E-state index in [0.717, 1.165) is 0 Å². The van der Waals surface area contributed by atoms with Crippen molar-refractivity contribution in [2.24, 2.45) is 0 Å². The fourth-order valence-corrected chi connectivity index (χ4v) is 3.57. The van der Waals surface area contributed by atoms with Gasteiger partial charge in [0, 0.05) is 26.1 Å². The van der Waals surface area contributed by atoms with Crippen LogP contribution in [0.15, 0.2) is 12.7 Å². The second-order valence-corrected chi connectivity index (χ2v) is 6.03. The van der Waals surface area contributed by atoms with Crippen molar-refractivity contribution in [2.45, 2.75) is 24.6 Å². The highest BCUT2D eigenvalue weighted by atomic mass is 16.5. The Balaban J connectivity index is 1.74. The monoisotopic (exact) mass is 323 g/mol. The van der Waals surface area contributed by atoms with Crippen LogP contribution in [-0.2, 0) is 19.1 Å². The summed E-state index contributed by atoms with van der Waals surface area (Å²) >= 11 is 0. The lowest BCUT2D eigenvalue weighted by Crippen LogP contribution is -2.69. The minimum atomic E-state index is -0.652. The van der Waals surface area contributed by atoms with Gasteiger partial charge >= 0.3 is 0 Å². The van der Waals surface area contributed by atoms with E-state index >= 15 is 0 Å². The number of piperazine rings is 2. The van der Waals surface area contributed by atoms with Crippen molar-refractivity contribution >= 4 is 17.7 Å². The third-order valence-corrected chi connectivity index (χ3v) is 4.72. The molecule has 3 saturated heterocycles. The van der Waals surface area contributed by atoms with Gasteiger partial charge in [-0.15, -0.1) is 6.58 Å². The van der Waals surface area contributed by atoms with Gasteiger partial charge < -0.3 is 24.5 Å². The molecule has 0 bridgehead atoms. The van der Waals surface area contributed by atoms with E-state index in [1.807, 2.05) is 0 Å². The number of hydrogen-bond acceptors (Lipinski definition) is 5. The van der Waals surface area contributed by atoms with Crippen LogP contribution < -0.4 is 0 Å². The smallest absolute Gasteiger partial charge is 0.248 e. The van der Waals surface area contributed by atoms with Crippen molar-refractivity contribution in [3.8, 4) is 0 Å². The van der Waals surface area contributed by atoms with Gasteiger partial charge in [-0.05, 0) is 0 Å². The highest BCUT2D eigenvalue weighted by molar-refractivity contribution is 5.98. The number of hydrogen-bond donors (Lipinski definition) is 1. The Bertz CT molecular complexity index is 537. The van der Waals surface area contributed by atoms with Gasteiger partial charge in [0.2, 0.25) is 17.7 Å². The number of aliphatic hydroxyl groups is 1. The number of carbonyl (C=O) groups excluding carboxylic acids is 3. The molecule has 3 aliphatic rings. The topological polar surface area (TPSA) is 90.4 Å². The molecule has 1 N–H and O–H groups in total. The standard InChI is InChI=1S/C15H21N3O5/c1-2-5-23-10-6-11-14(21)17-4-3-16(13(20)9-19)8-12(17)15(22)18(11)7-10/h2,10-12,19H,1,3-9H2. The van der Waals surface area contributed by atoms with Crippen molar-refractivity contribution in [3.63, 3.8) is 0 Å². The maximum atomic E-state index is 12.7. The number of aliphatic hydroxyl groups excluding tert-OH is 1. The quantitative estimate of drug-likeness (QED) is 0.617. The molecule has 3 atom stereocenters. The molecule has 3 unspecified atom stereocenters. The first-order valence-electron chi connectivity index (χ1n) is 7.79. The lowest BCUT2D eigenvalue weighted by Gasteiger charge is -2.47. The molecule has 3 amide bonds. The largest absolute Gasteiger partial charge is 0.387 e. The second-order valence-electron chi connectivity index (χ2n) is 6.03. The molecule has 0 spiro atoms. The van der Waals surface area contributed by atoms with Gasteiger partial charge in [0.1, 0.15) is 18.7 Å². The number of fused-ring (bicyclic) bond motifs is 2. The first kappa shape index (κ1) is 15.9. The Kier molecular flexibility index (Phi) is 4.36. The van der Waals surface area contributed by atoms with Crippen molar-refractivity contribution in [1.82, 2.24) is 14.7 Å². The molecule has 0 aromatic carbocycles. The van der Waals surface area contributed by atoms with Crippen LogP contribution in [0.4, 0.5) is 0 Å². The summed E-state index contributed by atoms with van der Waals surface area (Å²) in [4.78, 5) is 41.6.